The first kappa shape index (κ1) is 14.2. The SMILES string of the molecule is Fc1ccc2c(c1)-c1ccsc1-c1cc(N3CCCC3)ccc1C2. The molecule has 2 aliphatic rings. The maximum absolute atomic E-state index is 13.8. The zero-order valence-electron chi connectivity index (χ0n) is 13.4. The average Bonchev–Trinajstić information content (AvgIpc) is 3.26. The van der Waals surface area contributed by atoms with Gasteiger partial charge in [-0.05, 0) is 77.2 Å². The van der Waals surface area contributed by atoms with Crippen LogP contribution in [-0.2, 0) is 6.42 Å². The van der Waals surface area contributed by atoms with E-state index in [1.165, 1.54) is 45.7 Å². The van der Waals surface area contributed by atoms with Crippen molar-refractivity contribution in [3.63, 3.8) is 0 Å². The van der Waals surface area contributed by atoms with E-state index >= 15 is 0 Å². The van der Waals surface area contributed by atoms with Crippen LogP contribution in [0, 0.1) is 5.82 Å². The molecule has 1 saturated heterocycles. The summed E-state index contributed by atoms with van der Waals surface area (Å²) in [5.74, 6) is -0.158. The Balaban J connectivity index is 1.71. The minimum atomic E-state index is -0.158. The van der Waals surface area contributed by atoms with Crippen molar-refractivity contribution in [1.29, 1.82) is 0 Å². The summed E-state index contributed by atoms with van der Waals surface area (Å²) in [6, 6.07) is 14.2. The average molecular weight is 335 g/mol. The highest BCUT2D eigenvalue weighted by atomic mass is 32.1. The van der Waals surface area contributed by atoms with Crippen molar-refractivity contribution in [3.05, 3.63) is 64.8 Å². The van der Waals surface area contributed by atoms with E-state index in [0.29, 0.717) is 0 Å². The molecule has 1 aromatic heterocycles. The van der Waals surface area contributed by atoms with E-state index < -0.39 is 0 Å². The number of hydrogen-bond acceptors (Lipinski definition) is 2. The van der Waals surface area contributed by atoms with Gasteiger partial charge in [-0.1, -0.05) is 12.1 Å². The van der Waals surface area contributed by atoms with Gasteiger partial charge in [-0.3, -0.25) is 0 Å². The number of anilines is 1. The Morgan fingerprint density at radius 2 is 1.62 bits per heavy atom. The predicted octanol–water partition coefficient (Wildman–Crippen LogP) is 5.73. The Morgan fingerprint density at radius 1 is 0.833 bits per heavy atom. The topological polar surface area (TPSA) is 3.24 Å². The fraction of sp³-hybridized carbons (Fsp3) is 0.238. The molecule has 0 bridgehead atoms. The molecule has 1 fully saturated rings. The van der Waals surface area contributed by atoms with Gasteiger partial charge in [-0.25, -0.2) is 4.39 Å². The van der Waals surface area contributed by atoms with Crippen molar-refractivity contribution >= 4 is 17.0 Å². The van der Waals surface area contributed by atoms with Crippen LogP contribution in [-0.4, -0.2) is 13.1 Å². The van der Waals surface area contributed by atoms with Gasteiger partial charge in [0.15, 0.2) is 0 Å². The molecule has 0 N–H and O–H groups in total. The highest BCUT2D eigenvalue weighted by Crippen LogP contribution is 2.45. The zero-order chi connectivity index (χ0) is 16.1. The molecule has 0 atom stereocenters. The highest BCUT2D eigenvalue weighted by molar-refractivity contribution is 7.14. The minimum Gasteiger partial charge on any atom is -0.372 e. The summed E-state index contributed by atoms with van der Waals surface area (Å²) in [7, 11) is 0. The molecule has 1 nitrogen and oxygen atoms in total. The van der Waals surface area contributed by atoms with Crippen molar-refractivity contribution in [2.45, 2.75) is 19.3 Å². The number of halogens is 1. The summed E-state index contributed by atoms with van der Waals surface area (Å²) in [5, 5.41) is 2.12. The summed E-state index contributed by atoms with van der Waals surface area (Å²) < 4.78 is 13.8. The normalized spacial score (nSPS) is 15.6. The van der Waals surface area contributed by atoms with Crippen LogP contribution < -0.4 is 4.90 Å². The summed E-state index contributed by atoms with van der Waals surface area (Å²) >= 11 is 1.76. The van der Waals surface area contributed by atoms with Gasteiger partial charge in [0.05, 0.1) is 0 Å². The van der Waals surface area contributed by atoms with Gasteiger partial charge in [0.25, 0.3) is 0 Å². The lowest BCUT2D eigenvalue weighted by Crippen LogP contribution is -2.17. The van der Waals surface area contributed by atoms with Gasteiger partial charge in [-0.15, -0.1) is 11.3 Å². The third-order valence-corrected chi connectivity index (χ3v) is 6.17. The van der Waals surface area contributed by atoms with E-state index in [1.54, 1.807) is 23.5 Å². The van der Waals surface area contributed by atoms with Crippen LogP contribution in [0.3, 0.4) is 0 Å². The molecule has 2 aromatic carbocycles. The first-order valence-electron chi connectivity index (χ1n) is 8.54. The number of fused-ring (bicyclic) bond motifs is 5. The smallest absolute Gasteiger partial charge is 0.123 e. The van der Waals surface area contributed by atoms with E-state index in [0.717, 1.165) is 25.1 Å². The lowest BCUT2D eigenvalue weighted by Gasteiger charge is -2.19. The molecule has 0 radical (unpaired) electrons. The van der Waals surface area contributed by atoms with E-state index in [1.807, 2.05) is 6.07 Å². The highest BCUT2D eigenvalue weighted by Gasteiger charge is 2.22. The summed E-state index contributed by atoms with van der Waals surface area (Å²) in [6.07, 6.45) is 3.44. The number of thiophene rings is 1. The largest absolute Gasteiger partial charge is 0.372 e. The quantitative estimate of drug-likeness (QED) is 0.430. The molecule has 1 aliphatic heterocycles. The second-order valence-corrected chi connectivity index (χ2v) is 7.59. The molecule has 0 amide bonds. The molecule has 0 unspecified atom stereocenters. The summed E-state index contributed by atoms with van der Waals surface area (Å²) in [5.41, 5.74) is 7.41. The molecular weight excluding hydrogens is 317 g/mol. The predicted molar refractivity (Wildman–Crippen MR) is 99.4 cm³/mol. The van der Waals surface area contributed by atoms with E-state index in [2.05, 4.69) is 34.5 Å². The molecule has 120 valence electrons. The third-order valence-electron chi connectivity index (χ3n) is 5.22. The van der Waals surface area contributed by atoms with Crippen molar-refractivity contribution in [3.8, 4) is 21.6 Å². The molecule has 0 saturated carbocycles. The van der Waals surface area contributed by atoms with Gasteiger partial charge in [0, 0.05) is 29.2 Å². The molecule has 5 rings (SSSR count). The fourth-order valence-corrected chi connectivity index (χ4v) is 4.95. The van der Waals surface area contributed by atoms with Gasteiger partial charge in [0.1, 0.15) is 5.82 Å². The number of benzene rings is 2. The Kier molecular flexibility index (Phi) is 3.23. The Bertz CT molecular complexity index is 921. The minimum absolute atomic E-state index is 0.158. The molecular formula is C21H18FNS. The van der Waals surface area contributed by atoms with Crippen LogP contribution in [0.5, 0.6) is 0 Å². The van der Waals surface area contributed by atoms with E-state index in [-0.39, 0.29) is 5.82 Å². The second kappa shape index (κ2) is 5.45. The number of hydrogen-bond donors (Lipinski definition) is 0. The van der Waals surface area contributed by atoms with Crippen LogP contribution in [0.15, 0.2) is 47.8 Å². The van der Waals surface area contributed by atoms with Crippen molar-refractivity contribution in [2.24, 2.45) is 0 Å². The summed E-state index contributed by atoms with van der Waals surface area (Å²) in [6.45, 7) is 2.31. The third kappa shape index (κ3) is 2.19. The van der Waals surface area contributed by atoms with E-state index in [9.17, 15) is 4.39 Å². The van der Waals surface area contributed by atoms with Crippen molar-refractivity contribution < 1.29 is 4.39 Å². The van der Waals surface area contributed by atoms with Gasteiger partial charge in [-0.2, -0.15) is 0 Å². The zero-order valence-corrected chi connectivity index (χ0v) is 14.2. The van der Waals surface area contributed by atoms with Crippen LogP contribution in [0.1, 0.15) is 24.0 Å². The first-order valence-corrected chi connectivity index (χ1v) is 9.42. The van der Waals surface area contributed by atoms with Crippen molar-refractivity contribution in [2.75, 3.05) is 18.0 Å². The van der Waals surface area contributed by atoms with Gasteiger partial charge in [0.2, 0.25) is 0 Å². The summed E-state index contributed by atoms with van der Waals surface area (Å²) in [4.78, 5) is 3.75. The molecule has 24 heavy (non-hydrogen) atoms. The van der Waals surface area contributed by atoms with Gasteiger partial charge >= 0.3 is 0 Å². The Morgan fingerprint density at radius 3 is 2.50 bits per heavy atom. The van der Waals surface area contributed by atoms with Crippen LogP contribution in [0.25, 0.3) is 21.6 Å². The monoisotopic (exact) mass is 335 g/mol. The fourth-order valence-electron chi connectivity index (χ4n) is 3.99. The van der Waals surface area contributed by atoms with Crippen molar-refractivity contribution in [1.82, 2.24) is 0 Å². The molecule has 2 heterocycles. The van der Waals surface area contributed by atoms with Crippen LogP contribution in [0.4, 0.5) is 10.1 Å². The maximum Gasteiger partial charge on any atom is 0.123 e. The van der Waals surface area contributed by atoms with Gasteiger partial charge < -0.3 is 4.90 Å². The Labute approximate surface area is 145 Å². The molecule has 3 heteroatoms. The van der Waals surface area contributed by atoms with Crippen LogP contribution in [0.2, 0.25) is 0 Å². The standard InChI is InChI=1S/C21H18FNS/c22-16-5-3-14-11-15-4-6-17(23-8-1-2-9-23)13-20(15)21-18(7-10-24-21)19(14)12-16/h3-7,10,12-13H,1-2,8-9,11H2. The Hall–Kier alpha value is -2.13. The maximum atomic E-state index is 13.8. The molecule has 1 aliphatic carbocycles. The lowest BCUT2D eigenvalue weighted by molar-refractivity contribution is 0.628. The lowest BCUT2D eigenvalue weighted by atomic mass is 9.98. The second-order valence-electron chi connectivity index (χ2n) is 6.68. The molecule has 0 spiro atoms. The first-order chi connectivity index (χ1) is 11.8. The van der Waals surface area contributed by atoms with E-state index in [4.69, 9.17) is 0 Å². The van der Waals surface area contributed by atoms with Crippen LogP contribution >= 0.6 is 11.3 Å². The number of rotatable bonds is 1. The molecule has 3 aromatic rings. The number of nitrogens with zero attached hydrogens (tertiary/aromatic N) is 1.